The van der Waals surface area contributed by atoms with Crippen LogP contribution in [0.25, 0.3) is 0 Å². The Balaban J connectivity index is 2.17. The van der Waals surface area contributed by atoms with Gasteiger partial charge >= 0.3 is 0 Å². The second-order valence-electron chi connectivity index (χ2n) is 3.44. The SMILES string of the molecule is O=S(O)C1CC2C=CC1CC2. The van der Waals surface area contributed by atoms with Gasteiger partial charge in [0.1, 0.15) is 0 Å². The predicted octanol–water partition coefficient (Wildman–Crippen LogP) is 1.56. The van der Waals surface area contributed by atoms with Gasteiger partial charge in [0.15, 0.2) is 11.1 Å². The van der Waals surface area contributed by atoms with Gasteiger partial charge in [-0.3, -0.25) is 0 Å². The Hall–Kier alpha value is -0.150. The van der Waals surface area contributed by atoms with Crippen molar-refractivity contribution in [2.24, 2.45) is 11.8 Å². The third-order valence-electron chi connectivity index (χ3n) is 2.77. The van der Waals surface area contributed by atoms with Gasteiger partial charge in [0, 0.05) is 0 Å². The standard InChI is InChI=1S/C8H12O2S/c9-11(10)8-5-6-1-3-7(8)4-2-6/h1,3,6-8H,2,4-5H2,(H,9,10). The van der Waals surface area contributed by atoms with E-state index in [0.717, 1.165) is 12.8 Å². The molecular weight excluding hydrogens is 160 g/mol. The fourth-order valence-corrected chi connectivity index (χ4v) is 3.05. The van der Waals surface area contributed by atoms with E-state index < -0.39 is 11.1 Å². The van der Waals surface area contributed by atoms with Crippen molar-refractivity contribution >= 4 is 11.1 Å². The van der Waals surface area contributed by atoms with Crippen LogP contribution in [0.5, 0.6) is 0 Å². The van der Waals surface area contributed by atoms with Crippen LogP contribution in [0, 0.1) is 11.8 Å². The average molecular weight is 172 g/mol. The molecule has 62 valence electrons. The van der Waals surface area contributed by atoms with Crippen LogP contribution in [0.3, 0.4) is 0 Å². The molecular formula is C8H12O2S. The first-order valence-electron chi connectivity index (χ1n) is 4.05. The maximum Gasteiger partial charge on any atom is 0.156 e. The highest BCUT2D eigenvalue weighted by Gasteiger charge is 2.34. The lowest BCUT2D eigenvalue weighted by Crippen LogP contribution is -2.34. The summed E-state index contributed by atoms with van der Waals surface area (Å²) < 4.78 is 19.8. The van der Waals surface area contributed by atoms with E-state index in [4.69, 9.17) is 4.55 Å². The highest BCUT2D eigenvalue weighted by molar-refractivity contribution is 7.79. The molecule has 3 aliphatic carbocycles. The molecule has 2 bridgehead atoms. The molecule has 1 N–H and O–H groups in total. The zero-order valence-electron chi connectivity index (χ0n) is 6.27. The Labute approximate surface area is 69.0 Å². The molecule has 1 saturated carbocycles. The largest absolute Gasteiger partial charge is 0.306 e. The summed E-state index contributed by atoms with van der Waals surface area (Å²) in [6, 6.07) is 0. The van der Waals surface area contributed by atoms with E-state index in [9.17, 15) is 4.21 Å². The third kappa shape index (κ3) is 1.27. The third-order valence-corrected chi connectivity index (χ3v) is 3.83. The molecule has 0 radical (unpaired) electrons. The van der Waals surface area contributed by atoms with Gasteiger partial charge in [0.2, 0.25) is 0 Å². The summed E-state index contributed by atoms with van der Waals surface area (Å²) in [6.45, 7) is 0. The molecule has 0 spiro atoms. The second kappa shape index (κ2) is 2.72. The smallest absolute Gasteiger partial charge is 0.156 e. The van der Waals surface area contributed by atoms with Crippen molar-refractivity contribution in [2.75, 3.05) is 0 Å². The molecule has 4 atom stereocenters. The van der Waals surface area contributed by atoms with Crippen molar-refractivity contribution in [3.63, 3.8) is 0 Å². The molecule has 11 heavy (non-hydrogen) atoms. The first kappa shape index (κ1) is 7.50. The molecule has 3 aliphatic rings. The molecule has 0 aromatic heterocycles. The quantitative estimate of drug-likeness (QED) is 0.481. The summed E-state index contributed by atoms with van der Waals surface area (Å²) in [6.07, 6.45) is 7.57. The Morgan fingerprint density at radius 2 is 2.18 bits per heavy atom. The first-order valence-corrected chi connectivity index (χ1v) is 5.22. The average Bonchev–Trinajstić information content (AvgIpc) is 2.06. The minimum Gasteiger partial charge on any atom is -0.306 e. The Morgan fingerprint density at radius 1 is 1.36 bits per heavy atom. The van der Waals surface area contributed by atoms with E-state index in [1.165, 1.54) is 6.42 Å². The predicted molar refractivity (Wildman–Crippen MR) is 44.5 cm³/mol. The maximum absolute atomic E-state index is 10.8. The summed E-state index contributed by atoms with van der Waals surface area (Å²) in [7, 11) is 0. The molecule has 0 aromatic rings. The molecule has 0 saturated heterocycles. The topological polar surface area (TPSA) is 37.3 Å². The van der Waals surface area contributed by atoms with Gasteiger partial charge in [-0.05, 0) is 31.1 Å². The van der Waals surface area contributed by atoms with Crippen LogP contribution >= 0.6 is 0 Å². The molecule has 3 rings (SSSR count). The summed E-state index contributed by atoms with van der Waals surface area (Å²) in [5.41, 5.74) is 0. The summed E-state index contributed by atoms with van der Waals surface area (Å²) >= 11 is -1.60. The first-order chi connectivity index (χ1) is 5.27. The Bertz CT molecular complexity index is 212. The lowest BCUT2D eigenvalue weighted by molar-refractivity contribution is 0.325. The van der Waals surface area contributed by atoms with Crippen LogP contribution in [0.2, 0.25) is 0 Å². The maximum atomic E-state index is 10.8. The van der Waals surface area contributed by atoms with Crippen molar-refractivity contribution in [1.82, 2.24) is 0 Å². The molecule has 4 unspecified atom stereocenters. The Kier molecular flexibility index (Phi) is 1.85. The molecule has 0 aromatic carbocycles. The van der Waals surface area contributed by atoms with Crippen LogP contribution < -0.4 is 0 Å². The fourth-order valence-electron chi connectivity index (χ4n) is 2.11. The number of allylic oxidation sites excluding steroid dienone is 2. The van der Waals surface area contributed by atoms with Crippen molar-refractivity contribution < 1.29 is 8.76 Å². The lowest BCUT2D eigenvalue weighted by atomic mass is 9.76. The van der Waals surface area contributed by atoms with Gasteiger partial charge in [-0.25, -0.2) is 4.21 Å². The van der Waals surface area contributed by atoms with Crippen LogP contribution in [-0.4, -0.2) is 14.0 Å². The van der Waals surface area contributed by atoms with E-state index in [0.29, 0.717) is 11.8 Å². The molecule has 0 amide bonds. The Morgan fingerprint density at radius 3 is 2.45 bits per heavy atom. The van der Waals surface area contributed by atoms with E-state index in [-0.39, 0.29) is 5.25 Å². The summed E-state index contributed by atoms with van der Waals surface area (Å²) in [5, 5.41) is 0.0266. The van der Waals surface area contributed by atoms with Crippen LogP contribution in [0.4, 0.5) is 0 Å². The second-order valence-corrected chi connectivity index (χ2v) is 4.59. The van der Waals surface area contributed by atoms with Gasteiger partial charge in [0.25, 0.3) is 0 Å². The minimum atomic E-state index is -1.60. The van der Waals surface area contributed by atoms with Crippen LogP contribution in [0.15, 0.2) is 12.2 Å². The molecule has 2 nitrogen and oxygen atoms in total. The fraction of sp³-hybridized carbons (Fsp3) is 0.750. The van der Waals surface area contributed by atoms with Gasteiger partial charge in [-0.2, -0.15) is 0 Å². The van der Waals surface area contributed by atoms with E-state index >= 15 is 0 Å². The molecule has 1 fully saturated rings. The lowest BCUT2D eigenvalue weighted by Gasteiger charge is -2.35. The van der Waals surface area contributed by atoms with Crippen molar-refractivity contribution in [1.29, 1.82) is 0 Å². The van der Waals surface area contributed by atoms with Crippen LogP contribution in [0.1, 0.15) is 19.3 Å². The van der Waals surface area contributed by atoms with Gasteiger partial charge in [-0.15, -0.1) is 0 Å². The van der Waals surface area contributed by atoms with E-state index in [1.54, 1.807) is 0 Å². The highest BCUT2D eigenvalue weighted by Crippen LogP contribution is 2.38. The van der Waals surface area contributed by atoms with Crippen molar-refractivity contribution in [2.45, 2.75) is 24.5 Å². The van der Waals surface area contributed by atoms with Gasteiger partial charge in [0.05, 0.1) is 5.25 Å². The van der Waals surface area contributed by atoms with Crippen LogP contribution in [-0.2, 0) is 11.1 Å². The number of fused-ring (bicyclic) bond motifs is 2. The van der Waals surface area contributed by atoms with Crippen molar-refractivity contribution in [3.05, 3.63) is 12.2 Å². The van der Waals surface area contributed by atoms with Crippen molar-refractivity contribution in [3.8, 4) is 0 Å². The summed E-state index contributed by atoms with van der Waals surface area (Å²) in [4.78, 5) is 0. The van der Waals surface area contributed by atoms with E-state index in [1.807, 2.05) is 0 Å². The molecule has 3 heteroatoms. The monoisotopic (exact) mass is 172 g/mol. The zero-order valence-corrected chi connectivity index (χ0v) is 7.09. The molecule has 0 aliphatic heterocycles. The zero-order chi connectivity index (χ0) is 7.84. The van der Waals surface area contributed by atoms with Gasteiger partial charge < -0.3 is 4.55 Å². The molecule has 0 heterocycles. The number of hydrogen-bond acceptors (Lipinski definition) is 1. The normalized spacial score (nSPS) is 44.3. The summed E-state index contributed by atoms with van der Waals surface area (Å²) in [5.74, 6) is 0.965. The van der Waals surface area contributed by atoms with Gasteiger partial charge in [-0.1, -0.05) is 12.2 Å². The highest BCUT2D eigenvalue weighted by atomic mass is 32.2. The minimum absolute atomic E-state index is 0.0266. The number of rotatable bonds is 1. The van der Waals surface area contributed by atoms with E-state index in [2.05, 4.69) is 12.2 Å². The number of hydrogen-bond donors (Lipinski definition) is 1.